The Kier molecular flexibility index (Phi) is 5.99. The predicted molar refractivity (Wildman–Crippen MR) is 120 cm³/mol. The second kappa shape index (κ2) is 9.38. The Morgan fingerprint density at radius 1 is 0.655 bits per heavy atom. The number of rotatable bonds is 7. The Hall–Kier alpha value is -3.85. The Balaban J connectivity index is 1.54. The molecular weight excluding hydrogens is 356 g/mol. The van der Waals surface area contributed by atoms with E-state index >= 15 is 0 Å². The molecule has 0 bridgehead atoms. The average molecular weight is 378 g/mol. The van der Waals surface area contributed by atoms with E-state index in [0.717, 1.165) is 22.7 Å². The van der Waals surface area contributed by atoms with Gasteiger partial charge in [-0.3, -0.25) is 5.01 Å². The molecule has 0 spiro atoms. The summed E-state index contributed by atoms with van der Waals surface area (Å²) in [6.45, 7) is 0.696. The molecule has 0 aliphatic carbocycles. The Bertz CT molecular complexity index is 1050. The van der Waals surface area contributed by atoms with Crippen molar-refractivity contribution in [3.05, 3.63) is 126 Å². The first-order chi connectivity index (χ1) is 14.4. The molecule has 0 heterocycles. The number of para-hydroxylation sites is 2. The first-order valence-electron chi connectivity index (χ1n) is 9.60. The molecule has 0 atom stereocenters. The topological polar surface area (TPSA) is 24.8 Å². The van der Waals surface area contributed by atoms with Gasteiger partial charge in [0.15, 0.2) is 0 Å². The van der Waals surface area contributed by atoms with Crippen LogP contribution in [0.5, 0.6) is 11.5 Å². The van der Waals surface area contributed by atoms with Crippen LogP contribution in [0.4, 0.5) is 5.69 Å². The van der Waals surface area contributed by atoms with Gasteiger partial charge in [-0.25, -0.2) is 0 Å². The highest BCUT2D eigenvalue weighted by molar-refractivity contribution is 5.81. The van der Waals surface area contributed by atoms with Crippen LogP contribution in [0, 0.1) is 0 Å². The van der Waals surface area contributed by atoms with E-state index in [0.29, 0.717) is 6.54 Å². The Morgan fingerprint density at radius 2 is 1.28 bits per heavy atom. The van der Waals surface area contributed by atoms with Crippen molar-refractivity contribution in [1.82, 2.24) is 0 Å². The maximum Gasteiger partial charge on any atom is 0.128 e. The highest BCUT2D eigenvalue weighted by atomic mass is 16.5. The second-order valence-corrected chi connectivity index (χ2v) is 6.61. The molecule has 29 heavy (non-hydrogen) atoms. The fourth-order valence-electron chi connectivity index (χ4n) is 2.97. The molecule has 4 rings (SSSR count). The van der Waals surface area contributed by atoms with Crippen molar-refractivity contribution in [3.8, 4) is 11.5 Å². The van der Waals surface area contributed by atoms with Gasteiger partial charge in [-0.2, -0.15) is 5.10 Å². The van der Waals surface area contributed by atoms with Crippen LogP contribution in [-0.4, -0.2) is 6.21 Å². The van der Waals surface area contributed by atoms with Crippen molar-refractivity contribution in [3.63, 3.8) is 0 Å². The van der Waals surface area contributed by atoms with Crippen LogP contribution < -0.4 is 9.75 Å². The number of nitrogens with zero attached hydrogens (tertiary/aromatic N) is 2. The maximum absolute atomic E-state index is 5.93. The summed E-state index contributed by atoms with van der Waals surface area (Å²) in [5, 5.41) is 6.76. The van der Waals surface area contributed by atoms with E-state index in [1.165, 1.54) is 5.56 Å². The molecule has 0 fully saturated rings. The Labute approximate surface area is 171 Å². The Morgan fingerprint density at radius 3 is 2.00 bits per heavy atom. The van der Waals surface area contributed by atoms with Gasteiger partial charge in [-0.05, 0) is 47.5 Å². The molecule has 0 aliphatic heterocycles. The molecule has 0 aromatic heterocycles. The van der Waals surface area contributed by atoms with Gasteiger partial charge < -0.3 is 4.74 Å². The number of hydrazone groups is 1. The fourth-order valence-corrected chi connectivity index (χ4v) is 2.97. The van der Waals surface area contributed by atoms with Crippen LogP contribution >= 0.6 is 0 Å². The lowest BCUT2D eigenvalue weighted by Crippen LogP contribution is -2.16. The van der Waals surface area contributed by atoms with Crippen molar-refractivity contribution >= 4 is 11.9 Å². The molecule has 0 unspecified atom stereocenters. The summed E-state index contributed by atoms with van der Waals surface area (Å²) in [5.74, 6) is 1.60. The zero-order valence-corrected chi connectivity index (χ0v) is 16.1. The van der Waals surface area contributed by atoms with Gasteiger partial charge in [0.2, 0.25) is 0 Å². The maximum atomic E-state index is 5.93. The zero-order chi connectivity index (χ0) is 19.7. The minimum Gasteiger partial charge on any atom is -0.457 e. The summed E-state index contributed by atoms with van der Waals surface area (Å²) in [7, 11) is 0. The van der Waals surface area contributed by atoms with Crippen LogP contribution in [-0.2, 0) is 6.54 Å². The third-order valence-electron chi connectivity index (χ3n) is 4.41. The molecule has 3 nitrogen and oxygen atoms in total. The first kappa shape index (κ1) is 18.5. The molecule has 142 valence electrons. The van der Waals surface area contributed by atoms with Crippen molar-refractivity contribution in [2.75, 3.05) is 5.01 Å². The molecule has 4 aromatic rings. The normalized spacial score (nSPS) is 10.8. The molecule has 0 radical (unpaired) electrons. The van der Waals surface area contributed by atoms with Gasteiger partial charge in [-0.15, -0.1) is 0 Å². The number of ether oxygens (including phenoxy) is 1. The molecule has 0 aliphatic rings. The number of anilines is 1. The molecule has 3 heteroatoms. The van der Waals surface area contributed by atoms with Crippen LogP contribution in [0.3, 0.4) is 0 Å². The molecule has 0 N–H and O–H groups in total. The van der Waals surface area contributed by atoms with E-state index in [9.17, 15) is 0 Å². The predicted octanol–water partition coefficient (Wildman–Crippen LogP) is 6.52. The summed E-state index contributed by atoms with van der Waals surface area (Å²) in [4.78, 5) is 0. The first-order valence-corrected chi connectivity index (χ1v) is 9.60. The van der Waals surface area contributed by atoms with Crippen LogP contribution in [0.25, 0.3) is 0 Å². The summed E-state index contributed by atoms with van der Waals surface area (Å²) < 4.78 is 5.93. The monoisotopic (exact) mass is 378 g/mol. The number of benzene rings is 4. The fraction of sp³-hybridized carbons (Fsp3) is 0.0385. The highest BCUT2D eigenvalue weighted by Gasteiger charge is 2.05. The smallest absolute Gasteiger partial charge is 0.128 e. The van der Waals surface area contributed by atoms with Crippen LogP contribution in [0.2, 0.25) is 0 Å². The lowest BCUT2D eigenvalue weighted by Gasteiger charge is -2.19. The third kappa shape index (κ3) is 5.33. The quantitative estimate of drug-likeness (QED) is 0.270. The molecule has 0 saturated carbocycles. The van der Waals surface area contributed by atoms with E-state index < -0.39 is 0 Å². The van der Waals surface area contributed by atoms with Crippen LogP contribution in [0.1, 0.15) is 11.1 Å². The summed E-state index contributed by atoms with van der Waals surface area (Å²) in [5.41, 5.74) is 3.23. The lowest BCUT2D eigenvalue weighted by molar-refractivity contribution is 0.482. The van der Waals surface area contributed by atoms with Gasteiger partial charge in [0, 0.05) is 0 Å². The van der Waals surface area contributed by atoms with Gasteiger partial charge in [-0.1, -0.05) is 78.9 Å². The third-order valence-corrected chi connectivity index (χ3v) is 4.41. The van der Waals surface area contributed by atoms with E-state index in [1.807, 2.05) is 102 Å². The van der Waals surface area contributed by atoms with Gasteiger partial charge >= 0.3 is 0 Å². The van der Waals surface area contributed by atoms with Gasteiger partial charge in [0.25, 0.3) is 0 Å². The van der Waals surface area contributed by atoms with Crippen molar-refractivity contribution in [1.29, 1.82) is 0 Å². The number of hydrogen-bond acceptors (Lipinski definition) is 3. The zero-order valence-electron chi connectivity index (χ0n) is 16.1. The standard InChI is InChI=1S/C26H22N2O/c1-4-11-22(12-5-1)21-28(24-14-6-2-7-15-24)27-20-23-13-10-18-26(19-23)29-25-16-8-3-9-17-25/h1-20H,21H2/b27-20+. The summed E-state index contributed by atoms with van der Waals surface area (Å²) in [6, 6.07) is 38.2. The second-order valence-electron chi connectivity index (χ2n) is 6.61. The van der Waals surface area contributed by atoms with Crippen molar-refractivity contribution in [2.45, 2.75) is 6.54 Å². The minimum absolute atomic E-state index is 0.696. The molecule has 0 amide bonds. The van der Waals surface area contributed by atoms with Gasteiger partial charge in [0.05, 0.1) is 18.4 Å². The largest absolute Gasteiger partial charge is 0.457 e. The van der Waals surface area contributed by atoms with E-state index in [2.05, 4.69) is 24.3 Å². The lowest BCUT2D eigenvalue weighted by atomic mass is 10.2. The van der Waals surface area contributed by atoms with Crippen molar-refractivity contribution in [2.24, 2.45) is 5.10 Å². The summed E-state index contributed by atoms with van der Waals surface area (Å²) >= 11 is 0. The van der Waals surface area contributed by atoms with E-state index in [-0.39, 0.29) is 0 Å². The van der Waals surface area contributed by atoms with Crippen LogP contribution in [0.15, 0.2) is 120 Å². The van der Waals surface area contributed by atoms with E-state index in [4.69, 9.17) is 9.84 Å². The van der Waals surface area contributed by atoms with Gasteiger partial charge in [0.1, 0.15) is 11.5 Å². The molecular formula is C26H22N2O. The minimum atomic E-state index is 0.696. The number of hydrogen-bond donors (Lipinski definition) is 0. The molecule has 4 aromatic carbocycles. The SMILES string of the molecule is C(=N\N(Cc1ccccc1)c1ccccc1)/c1cccc(Oc2ccccc2)c1. The van der Waals surface area contributed by atoms with Crippen molar-refractivity contribution < 1.29 is 4.74 Å². The van der Waals surface area contributed by atoms with E-state index in [1.54, 1.807) is 0 Å². The average Bonchev–Trinajstić information content (AvgIpc) is 2.79. The summed E-state index contributed by atoms with van der Waals surface area (Å²) in [6.07, 6.45) is 1.87. The highest BCUT2D eigenvalue weighted by Crippen LogP contribution is 2.22. The molecule has 0 saturated heterocycles.